The van der Waals surface area contributed by atoms with Crippen molar-refractivity contribution in [2.24, 2.45) is 5.92 Å². The summed E-state index contributed by atoms with van der Waals surface area (Å²) in [4.78, 5) is 28.2. The van der Waals surface area contributed by atoms with Crippen molar-refractivity contribution < 1.29 is 18.0 Å². The Morgan fingerprint density at radius 2 is 1.93 bits per heavy atom. The zero-order chi connectivity index (χ0) is 21.3. The minimum atomic E-state index is -3.66. The maximum atomic E-state index is 13.1. The summed E-state index contributed by atoms with van der Waals surface area (Å²) in [5.41, 5.74) is 1.48. The molecule has 2 aromatic rings. The van der Waals surface area contributed by atoms with E-state index in [2.05, 4.69) is 15.6 Å². The van der Waals surface area contributed by atoms with Crippen LogP contribution in [0, 0.1) is 5.92 Å². The molecule has 0 aliphatic carbocycles. The van der Waals surface area contributed by atoms with Crippen molar-refractivity contribution in [1.82, 2.24) is 9.29 Å². The molecule has 0 spiro atoms. The lowest BCUT2D eigenvalue weighted by molar-refractivity contribution is -0.121. The fourth-order valence-electron chi connectivity index (χ4n) is 3.71. The monoisotopic (exact) mass is 448 g/mol. The highest BCUT2D eigenvalue weighted by atomic mass is 35.5. The SMILES string of the molecule is O=C1CCc2cc(S(=O)(=O)N3CCC(C(=O)Nc4ccc(Cl)cn4)CC3)ccc2N1. The second-order valence-electron chi connectivity index (χ2n) is 7.40. The molecule has 4 rings (SSSR count). The lowest BCUT2D eigenvalue weighted by Crippen LogP contribution is -2.41. The third kappa shape index (κ3) is 4.33. The fourth-order valence-corrected chi connectivity index (χ4v) is 5.34. The smallest absolute Gasteiger partial charge is 0.243 e. The van der Waals surface area contributed by atoms with Crippen LogP contribution in [0.15, 0.2) is 41.4 Å². The van der Waals surface area contributed by atoms with Gasteiger partial charge in [-0.25, -0.2) is 13.4 Å². The Morgan fingerprint density at radius 1 is 1.17 bits per heavy atom. The van der Waals surface area contributed by atoms with Gasteiger partial charge in [-0.15, -0.1) is 0 Å². The van der Waals surface area contributed by atoms with Gasteiger partial charge in [-0.05, 0) is 55.2 Å². The third-order valence-corrected chi connectivity index (χ3v) is 7.53. The molecule has 8 nitrogen and oxygen atoms in total. The molecule has 1 aromatic carbocycles. The number of rotatable bonds is 4. The predicted octanol–water partition coefficient (Wildman–Crippen LogP) is 2.66. The molecule has 2 amide bonds. The zero-order valence-electron chi connectivity index (χ0n) is 16.1. The first kappa shape index (κ1) is 20.8. The van der Waals surface area contributed by atoms with Gasteiger partial charge in [0.15, 0.2) is 0 Å². The Kier molecular flexibility index (Phi) is 5.77. The Labute approximate surface area is 179 Å². The minimum absolute atomic E-state index is 0.0627. The number of nitrogens with one attached hydrogen (secondary N) is 2. The molecule has 1 saturated heterocycles. The number of hydrogen-bond donors (Lipinski definition) is 2. The fraction of sp³-hybridized carbons (Fsp3) is 0.350. The molecular formula is C20H21ClN4O4S. The van der Waals surface area contributed by atoms with E-state index >= 15 is 0 Å². The van der Waals surface area contributed by atoms with Crippen molar-refractivity contribution in [2.75, 3.05) is 23.7 Å². The Bertz CT molecular complexity index is 1080. The second-order valence-corrected chi connectivity index (χ2v) is 9.77. The number of hydrogen-bond acceptors (Lipinski definition) is 5. The van der Waals surface area contributed by atoms with Crippen molar-refractivity contribution in [3.05, 3.63) is 47.1 Å². The number of aromatic nitrogens is 1. The molecule has 2 aliphatic heterocycles. The van der Waals surface area contributed by atoms with Crippen LogP contribution >= 0.6 is 11.6 Å². The van der Waals surface area contributed by atoms with E-state index in [0.29, 0.717) is 42.2 Å². The van der Waals surface area contributed by atoms with Gasteiger partial charge in [-0.2, -0.15) is 4.31 Å². The summed E-state index contributed by atoms with van der Waals surface area (Å²) >= 11 is 5.80. The number of nitrogens with zero attached hydrogens (tertiary/aromatic N) is 2. The van der Waals surface area contributed by atoms with Crippen LogP contribution in [0.2, 0.25) is 5.02 Å². The van der Waals surface area contributed by atoms with Gasteiger partial charge in [0.25, 0.3) is 0 Å². The number of carbonyl (C=O) groups is 2. The summed E-state index contributed by atoms with van der Waals surface area (Å²) in [6, 6.07) is 8.06. The number of anilines is 2. The average Bonchev–Trinajstić information content (AvgIpc) is 2.75. The van der Waals surface area contributed by atoms with Gasteiger partial charge in [-0.3, -0.25) is 9.59 Å². The van der Waals surface area contributed by atoms with E-state index in [1.807, 2.05) is 0 Å². The van der Waals surface area contributed by atoms with E-state index in [-0.39, 0.29) is 35.7 Å². The summed E-state index contributed by atoms with van der Waals surface area (Å²) in [7, 11) is -3.66. The second kappa shape index (κ2) is 8.33. The lowest BCUT2D eigenvalue weighted by Gasteiger charge is -2.30. The van der Waals surface area contributed by atoms with Gasteiger partial charge in [0.05, 0.1) is 9.92 Å². The van der Waals surface area contributed by atoms with Crippen LogP contribution in [0.1, 0.15) is 24.8 Å². The quantitative estimate of drug-likeness (QED) is 0.747. The van der Waals surface area contributed by atoms with E-state index < -0.39 is 10.0 Å². The van der Waals surface area contributed by atoms with Gasteiger partial charge in [-0.1, -0.05) is 11.6 Å². The zero-order valence-corrected chi connectivity index (χ0v) is 17.7. The molecule has 1 aromatic heterocycles. The molecule has 3 heterocycles. The summed E-state index contributed by atoms with van der Waals surface area (Å²) < 4.78 is 27.5. The number of fused-ring (bicyclic) bond motifs is 1. The van der Waals surface area contributed by atoms with E-state index in [0.717, 1.165) is 5.56 Å². The number of carbonyl (C=O) groups excluding carboxylic acids is 2. The average molecular weight is 449 g/mol. The molecule has 0 saturated carbocycles. The summed E-state index contributed by atoms with van der Waals surface area (Å²) in [5, 5.41) is 5.99. The Morgan fingerprint density at radius 3 is 2.63 bits per heavy atom. The van der Waals surface area contributed by atoms with Crippen LogP contribution in [0.4, 0.5) is 11.5 Å². The van der Waals surface area contributed by atoms with Crippen LogP contribution in [-0.4, -0.2) is 42.6 Å². The topological polar surface area (TPSA) is 108 Å². The molecule has 0 radical (unpaired) electrons. The van der Waals surface area contributed by atoms with Crippen LogP contribution < -0.4 is 10.6 Å². The highest BCUT2D eigenvalue weighted by Crippen LogP contribution is 2.29. The maximum Gasteiger partial charge on any atom is 0.243 e. The number of piperidine rings is 1. The van der Waals surface area contributed by atoms with Gasteiger partial charge in [0.1, 0.15) is 5.82 Å². The number of benzene rings is 1. The minimum Gasteiger partial charge on any atom is -0.326 e. The van der Waals surface area contributed by atoms with Crippen LogP contribution in [-0.2, 0) is 26.0 Å². The molecule has 1 fully saturated rings. The summed E-state index contributed by atoms with van der Waals surface area (Å²) in [6.45, 7) is 0.532. The van der Waals surface area contributed by atoms with E-state index in [4.69, 9.17) is 11.6 Å². The van der Waals surface area contributed by atoms with Gasteiger partial charge in [0.2, 0.25) is 21.8 Å². The van der Waals surface area contributed by atoms with Crippen molar-refractivity contribution in [1.29, 1.82) is 0 Å². The number of aryl methyl sites for hydroxylation is 1. The molecule has 0 bridgehead atoms. The van der Waals surface area contributed by atoms with Crippen molar-refractivity contribution in [3.8, 4) is 0 Å². The van der Waals surface area contributed by atoms with E-state index in [1.165, 1.54) is 16.6 Å². The predicted molar refractivity (Wildman–Crippen MR) is 113 cm³/mol. The molecule has 0 unspecified atom stereocenters. The number of halogens is 1. The molecule has 10 heteroatoms. The summed E-state index contributed by atoms with van der Waals surface area (Å²) in [5.74, 6) is -0.105. The number of pyridine rings is 1. The van der Waals surface area contributed by atoms with Gasteiger partial charge in [0, 0.05) is 37.3 Å². The van der Waals surface area contributed by atoms with E-state index in [1.54, 1.807) is 24.3 Å². The largest absolute Gasteiger partial charge is 0.326 e. The molecule has 30 heavy (non-hydrogen) atoms. The van der Waals surface area contributed by atoms with Crippen molar-refractivity contribution in [3.63, 3.8) is 0 Å². The molecule has 2 aliphatic rings. The Balaban J connectivity index is 1.40. The maximum absolute atomic E-state index is 13.1. The van der Waals surface area contributed by atoms with E-state index in [9.17, 15) is 18.0 Å². The molecule has 158 valence electrons. The first-order valence-electron chi connectivity index (χ1n) is 9.68. The first-order chi connectivity index (χ1) is 14.3. The number of amides is 2. The molecule has 0 atom stereocenters. The van der Waals surface area contributed by atoms with Crippen LogP contribution in [0.5, 0.6) is 0 Å². The van der Waals surface area contributed by atoms with Crippen LogP contribution in [0.3, 0.4) is 0 Å². The van der Waals surface area contributed by atoms with Gasteiger partial charge < -0.3 is 10.6 Å². The first-order valence-corrected chi connectivity index (χ1v) is 11.5. The Hall–Kier alpha value is -2.49. The highest BCUT2D eigenvalue weighted by Gasteiger charge is 2.32. The lowest BCUT2D eigenvalue weighted by atomic mass is 9.97. The molecular weight excluding hydrogens is 428 g/mol. The molecule has 2 N–H and O–H groups in total. The van der Waals surface area contributed by atoms with Crippen molar-refractivity contribution >= 4 is 44.9 Å². The third-order valence-electron chi connectivity index (χ3n) is 5.41. The normalized spacial score (nSPS) is 17.8. The number of sulfonamides is 1. The van der Waals surface area contributed by atoms with Gasteiger partial charge >= 0.3 is 0 Å². The standard InChI is InChI=1S/C20H21ClN4O4S/c21-15-2-5-18(22-12-15)24-20(27)13-7-9-25(10-8-13)30(28,29)16-3-4-17-14(11-16)1-6-19(26)23-17/h2-5,11-13H,1,6-10H2,(H,23,26)(H,22,24,27). The van der Waals surface area contributed by atoms with Crippen LogP contribution in [0.25, 0.3) is 0 Å². The van der Waals surface area contributed by atoms with Crippen molar-refractivity contribution in [2.45, 2.75) is 30.6 Å². The highest BCUT2D eigenvalue weighted by molar-refractivity contribution is 7.89. The summed E-state index contributed by atoms with van der Waals surface area (Å²) in [6.07, 6.45) is 3.18.